The van der Waals surface area contributed by atoms with E-state index < -0.39 is 0 Å². The molecular formula is C14H17Br2N3S. The summed E-state index contributed by atoms with van der Waals surface area (Å²) in [5, 5.41) is 3.42. The maximum Gasteiger partial charge on any atom is 0.171 e. The highest BCUT2D eigenvalue weighted by Crippen LogP contribution is 2.37. The minimum absolute atomic E-state index is 0.787. The van der Waals surface area contributed by atoms with Crippen LogP contribution in [-0.2, 0) is 6.42 Å². The van der Waals surface area contributed by atoms with E-state index in [1.165, 1.54) is 5.56 Å². The van der Waals surface area contributed by atoms with Crippen molar-refractivity contribution >= 4 is 49.0 Å². The summed E-state index contributed by atoms with van der Waals surface area (Å²) in [5.74, 6) is 1.76. The molecule has 0 radical (unpaired) electrons. The maximum absolute atomic E-state index is 4.71. The number of halogens is 2. The number of nitrogens with zero attached hydrogens (tertiary/aromatic N) is 2. The molecule has 2 rings (SSSR count). The van der Waals surface area contributed by atoms with Gasteiger partial charge < -0.3 is 5.32 Å². The third-order valence-corrected chi connectivity index (χ3v) is 6.23. The van der Waals surface area contributed by atoms with Gasteiger partial charge in [0.05, 0.1) is 8.66 Å². The van der Waals surface area contributed by atoms with Gasteiger partial charge in [-0.15, -0.1) is 11.3 Å². The quantitative estimate of drug-likeness (QED) is 0.703. The molecule has 20 heavy (non-hydrogen) atoms. The number of aromatic nitrogens is 2. The molecule has 0 aliphatic rings. The number of aryl methyl sites for hydroxylation is 1. The normalized spacial score (nSPS) is 10.8. The molecule has 0 bridgehead atoms. The minimum atomic E-state index is 0.787. The Hall–Kier alpha value is -0.460. The zero-order chi connectivity index (χ0) is 14.7. The second-order valence-electron chi connectivity index (χ2n) is 4.47. The van der Waals surface area contributed by atoms with E-state index in [-0.39, 0.29) is 0 Å². The van der Waals surface area contributed by atoms with E-state index in [4.69, 9.17) is 4.98 Å². The zero-order valence-corrected chi connectivity index (χ0v) is 15.7. The average molecular weight is 419 g/mol. The highest BCUT2D eigenvalue weighted by Gasteiger charge is 2.14. The summed E-state index contributed by atoms with van der Waals surface area (Å²) >= 11 is 8.67. The van der Waals surface area contributed by atoms with Gasteiger partial charge in [0.1, 0.15) is 5.82 Å². The average Bonchev–Trinajstić information content (AvgIpc) is 2.76. The molecule has 0 atom stereocenters. The van der Waals surface area contributed by atoms with Gasteiger partial charge in [0.15, 0.2) is 5.82 Å². The predicted octanol–water partition coefficient (Wildman–Crippen LogP) is 5.42. The van der Waals surface area contributed by atoms with Gasteiger partial charge in [-0.3, -0.25) is 0 Å². The van der Waals surface area contributed by atoms with E-state index in [9.17, 15) is 0 Å². The van der Waals surface area contributed by atoms with E-state index >= 15 is 0 Å². The van der Waals surface area contributed by atoms with E-state index in [0.717, 1.165) is 49.9 Å². The smallest absolute Gasteiger partial charge is 0.171 e. The lowest BCUT2D eigenvalue weighted by molar-refractivity contribution is 0.939. The molecule has 0 aromatic carbocycles. The highest BCUT2D eigenvalue weighted by atomic mass is 79.9. The summed E-state index contributed by atoms with van der Waals surface area (Å²) in [6, 6.07) is 2.05. The zero-order valence-electron chi connectivity index (χ0n) is 11.8. The molecule has 1 N–H and O–H groups in total. The van der Waals surface area contributed by atoms with Crippen molar-refractivity contribution in [3.05, 3.63) is 25.6 Å². The Kier molecular flexibility index (Phi) is 5.57. The van der Waals surface area contributed by atoms with Crippen LogP contribution in [0.3, 0.4) is 0 Å². The minimum Gasteiger partial charge on any atom is -0.370 e. The van der Waals surface area contributed by atoms with Crippen molar-refractivity contribution in [2.45, 2.75) is 33.6 Å². The molecule has 108 valence electrons. The van der Waals surface area contributed by atoms with Crippen LogP contribution >= 0.6 is 43.2 Å². The summed E-state index contributed by atoms with van der Waals surface area (Å²) in [6.07, 6.45) is 2.02. The van der Waals surface area contributed by atoms with Gasteiger partial charge in [-0.2, -0.15) is 0 Å². The van der Waals surface area contributed by atoms with Crippen molar-refractivity contribution < 1.29 is 0 Å². The van der Waals surface area contributed by atoms with Gasteiger partial charge >= 0.3 is 0 Å². The molecule has 0 aliphatic heterocycles. The van der Waals surface area contributed by atoms with Crippen LogP contribution in [0.1, 0.15) is 31.5 Å². The van der Waals surface area contributed by atoms with Crippen LogP contribution in [0.15, 0.2) is 14.3 Å². The van der Waals surface area contributed by atoms with Crippen LogP contribution < -0.4 is 5.32 Å². The van der Waals surface area contributed by atoms with Gasteiger partial charge in [0.2, 0.25) is 0 Å². The van der Waals surface area contributed by atoms with Crippen LogP contribution in [0.4, 0.5) is 5.82 Å². The Morgan fingerprint density at radius 2 is 2.00 bits per heavy atom. The van der Waals surface area contributed by atoms with Gasteiger partial charge in [0, 0.05) is 22.3 Å². The van der Waals surface area contributed by atoms with Crippen molar-refractivity contribution in [2.75, 3.05) is 11.9 Å². The third kappa shape index (κ3) is 3.40. The standard InChI is InChI=1S/C14H17Br2N3S/c1-4-6-17-13-9(5-2)8(3)18-14(19-13)11-7-10(15)12(16)20-11/h7H,4-6H2,1-3H3,(H,17,18,19). The molecule has 6 heteroatoms. The Balaban J connectivity index is 2.46. The van der Waals surface area contributed by atoms with Crippen LogP contribution in [0.5, 0.6) is 0 Å². The number of hydrogen-bond donors (Lipinski definition) is 1. The van der Waals surface area contributed by atoms with E-state index in [0.29, 0.717) is 0 Å². The Labute approximate surface area is 140 Å². The summed E-state index contributed by atoms with van der Waals surface area (Å²) in [4.78, 5) is 10.4. The topological polar surface area (TPSA) is 37.8 Å². The molecule has 0 aliphatic carbocycles. The lowest BCUT2D eigenvalue weighted by Crippen LogP contribution is -2.08. The Morgan fingerprint density at radius 3 is 2.55 bits per heavy atom. The van der Waals surface area contributed by atoms with Crippen LogP contribution in [-0.4, -0.2) is 16.5 Å². The predicted molar refractivity (Wildman–Crippen MR) is 93.6 cm³/mol. The van der Waals surface area contributed by atoms with Crippen LogP contribution in [0.2, 0.25) is 0 Å². The van der Waals surface area contributed by atoms with E-state index in [1.54, 1.807) is 11.3 Å². The van der Waals surface area contributed by atoms with Crippen LogP contribution in [0.25, 0.3) is 10.7 Å². The van der Waals surface area contributed by atoms with Crippen molar-refractivity contribution in [3.8, 4) is 10.7 Å². The lowest BCUT2D eigenvalue weighted by atomic mass is 10.1. The van der Waals surface area contributed by atoms with Crippen molar-refractivity contribution in [2.24, 2.45) is 0 Å². The summed E-state index contributed by atoms with van der Waals surface area (Å²) in [7, 11) is 0. The lowest BCUT2D eigenvalue weighted by Gasteiger charge is -2.12. The van der Waals surface area contributed by atoms with Gasteiger partial charge in [-0.25, -0.2) is 9.97 Å². The van der Waals surface area contributed by atoms with Gasteiger partial charge in [-0.1, -0.05) is 13.8 Å². The molecule has 2 aromatic heterocycles. The monoisotopic (exact) mass is 417 g/mol. The first-order valence-corrected chi connectivity index (χ1v) is 9.03. The SMILES string of the molecule is CCCNc1nc(-c2cc(Br)c(Br)s2)nc(C)c1CC. The second-order valence-corrected chi connectivity index (χ2v) is 7.70. The summed E-state index contributed by atoms with van der Waals surface area (Å²) in [5.41, 5.74) is 2.26. The van der Waals surface area contributed by atoms with Crippen molar-refractivity contribution in [1.29, 1.82) is 0 Å². The van der Waals surface area contributed by atoms with E-state index in [1.807, 2.05) is 0 Å². The fraction of sp³-hybridized carbons (Fsp3) is 0.429. The number of anilines is 1. The molecule has 2 aromatic rings. The highest BCUT2D eigenvalue weighted by molar-refractivity contribution is 9.13. The van der Waals surface area contributed by atoms with Gasteiger partial charge in [-0.05, 0) is 57.7 Å². The number of thiophene rings is 1. The first-order chi connectivity index (χ1) is 9.56. The largest absolute Gasteiger partial charge is 0.370 e. The number of nitrogens with one attached hydrogen (secondary N) is 1. The summed E-state index contributed by atoms with van der Waals surface area (Å²) in [6.45, 7) is 7.28. The molecule has 3 nitrogen and oxygen atoms in total. The fourth-order valence-electron chi connectivity index (χ4n) is 1.98. The molecule has 2 heterocycles. The molecule has 0 unspecified atom stereocenters. The van der Waals surface area contributed by atoms with Gasteiger partial charge in [0.25, 0.3) is 0 Å². The van der Waals surface area contributed by atoms with Crippen LogP contribution in [0, 0.1) is 6.92 Å². The number of rotatable bonds is 5. The molecule has 0 saturated carbocycles. The van der Waals surface area contributed by atoms with E-state index in [2.05, 4.69) is 69.0 Å². The molecule has 0 saturated heterocycles. The Morgan fingerprint density at radius 1 is 1.25 bits per heavy atom. The number of hydrogen-bond acceptors (Lipinski definition) is 4. The first kappa shape index (κ1) is 15.9. The first-order valence-electron chi connectivity index (χ1n) is 6.63. The Bertz CT molecular complexity index is 591. The molecule has 0 amide bonds. The molecule has 0 spiro atoms. The summed E-state index contributed by atoms with van der Waals surface area (Å²) < 4.78 is 2.11. The molecular weight excluding hydrogens is 402 g/mol. The maximum atomic E-state index is 4.71. The van der Waals surface area contributed by atoms with Crippen molar-refractivity contribution in [1.82, 2.24) is 9.97 Å². The second kappa shape index (κ2) is 7.00. The third-order valence-electron chi connectivity index (χ3n) is 2.98. The molecule has 0 fully saturated rings. The van der Waals surface area contributed by atoms with Crippen molar-refractivity contribution in [3.63, 3.8) is 0 Å². The fourth-order valence-corrected chi connectivity index (χ4v) is 3.95.